The van der Waals surface area contributed by atoms with Gasteiger partial charge in [-0.25, -0.2) is 0 Å². The van der Waals surface area contributed by atoms with Crippen LogP contribution in [0, 0.1) is 17.8 Å². The average molecular weight is 1020 g/mol. The van der Waals surface area contributed by atoms with Crippen LogP contribution in [-0.2, 0) is 33.6 Å². The molecular formula is C60H84N12O3. The molecule has 0 bridgehead atoms. The van der Waals surface area contributed by atoms with Crippen molar-refractivity contribution in [3.8, 4) is 0 Å². The van der Waals surface area contributed by atoms with Crippen molar-refractivity contribution in [2.75, 3.05) is 78.5 Å². The maximum Gasteiger partial charge on any atom is 0.233 e. The summed E-state index contributed by atoms with van der Waals surface area (Å²) < 4.78 is 0. The summed E-state index contributed by atoms with van der Waals surface area (Å²) in [5, 5.41) is 13.3. The highest BCUT2D eigenvalue weighted by Crippen LogP contribution is 2.47. The number of hydrogen-bond donors (Lipinski definition) is 9. The minimum absolute atomic E-state index is 0.0529. The summed E-state index contributed by atoms with van der Waals surface area (Å²) in [5.74, 6) is 2.94. The fourth-order valence-electron chi connectivity index (χ4n) is 14.8. The lowest BCUT2D eigenvalue weighted by atomic mass is 9.72. The predicted octanol–water partition coefficient (Wildman–Crippen LogP) is 5.95. The van der Waals surface area contributed by atoms with E-state index in [1.165, 1.54) is 66.1 Å². The normalized spacial score (nSPS) is 25.8. The molecule has 6 aromatic rings. The Bertz CT molecular complexity index is 2610. The second-order valence-electron chi connectivity index (χ2n) is 22.7. The Kier molecular flexibility index (Phi) is 16.8. The van der Waals surface area contributed by atoms with Crippen LogP contribution in [0.25, 0.3) is 32.7 Å². The zero-order valence-corrected chi connectivity index (χ0v) is 44.8. The lowest BCUT2D eigenvalue weighted by molar-refractivity contribution is -0.120. The van der Waals surface area contributed by atoms with Crippen molar-refractivity contribution in [3.63, 3.8) is 0 Å². The number of aromatic nitrogens is 3. The van der Waals surface area contributed by atoms with Gasteiger partial charge >= 0.3 is 0 Å². The van der Waals surface area contributed by atoms with Crippen LogP contribution in [0.2, 0.25) is 0 Å². The summed E-state index contributed by atoms with van der Waals surface area (Å²) in [6.07, 6.45) is 16.9. The van der Waals surface area contributed by atoms with Gasteiger partial charge in [0.1, 0.15) is 0 Å². The van der Waals surface area contributed by atoms with Gasteiger partial charge in [0.2, 0.25) is 17.7 Å². The molecule has 9 atom stereocenters. The summed E-state index contributed by atoms with van der Waals surface area (Å²) in [4.78, 5) is 53.0. The summed E-state index contributed by atoms with van der Waals surface area (Å²) in [6, 6.07) is 21.7. The SMILES string of the molecule is CCCN1C[C@H](CNC(=O)CN)C[C@@H]2c3cccc4[nH]cc(c34)C[C@H]21.CCCN1C[C@H](CNC(=O)CN)C[C@@H]2c3cccc4[nH]cc(c34)C[C@H]21.CCCN1C[C@H](CNC(=O)CN)C[C@@H]2c3cccc4[nH]cc(c34)C[C@H]21. The third-order valence-electron chi connectivity index (χ3n) is 17.8. The molecule has 15 heteroatoms. The fraction of sp³-hybridized carbons (Fsp3) is 0.550. The number of amides is 3. The van der Waals surface area contributed by atoms with Crippen molar-refractivity contribution in [1.82, 2.24) is 45.6 Å². The summed E-state index contributed by atoms with van der Waals surface area (Å²) in [6.45, 7) is 15.7. The number of nitrogens with two attached hydrogens (primary N) is 3. The molecule has 3 aromatic heterocycles. The van der Waals surface area contributed by atoms with Crippen LogP contribution in [0.5, 0.6) is 0 Å². The molecule has 0 radical (unpaired) electrons. The Morgan fingerprint density at radius 1 is 0.480 bits per heavy atom. The maximum atomic E-state index is 11.6. The molecule has 3 aromatic carbocycles. The lowest BCUT2D eigenvalue weighted by Gasteiger charge is -2.47. The fourth-order valence-corrected chi connectivity index (χ4v) is 14.8. The molecule has 3 saturated heterocycles. The van der Waals surface area contributed by atoms with Crippen LogP contribution in [0.3, 0.4) is 0 Å². The molecule has 3 amide bonds. The maximum absolute atomic E-state index is 11.6. The van der Waals surface area contributed by atoms with Gasteiger partial charge in [0, 0.05) is 126 Å². The Hall–Kier alpha value is -5.55. The van der Waals surface area contributed by atoms with E-state index < -0.39 is 0 Å². The smallest absolute Gasteiger partial charge is 0.233 e. The number of nitrogens with zero attached hydrogens (tertiary/aromatic N) is 3. The van der Waals surface area contributed by atoms with Crippen LogP contribution < -0.4 is 33.2 Å². The third kappa shape index (κ3) is 11.0. The lowest BCUT2D eigenvalue weighted by Crippen LogP contribution is -2.52. The molecule has 3 fully saturated rings. The standard InChI is InChI=1S/3C20H28N4O/c3*1-2-6-24-12-13(10-23-19(25)9-21)7-16-15-4-3-5-17-20(15)14(11-22-17)8-18(16)24/h3*3-5,11,13,16,18,22H,2,6-10,12,21H2,1H3,(H,23,25)/t3*13-,16+,18+/m000/s1. The van der Waals surface area contributed by atoms with Gasteiger partial charge in [0.15, 0.2) is 0 Å². The molecule has 3 aliphatic heterocycles. The first kappa shape index (κ1) is 52.9. The van der Waals surface area contributed by atoms with E-state index in [1.54, 1.807) is 0 Å². The summed E-state index contributed by atoms with van der Waals surface area (Å²) >= 11 is 0. The summed E-state index contributed by atoms with van der Waals surface area (Å²) in [5.41, 5.74) is 28.9. The van der Waals surface area contributed by atoms with Crippen molar-refractivity contribution in [2.24, 2.45) is 35.0 Å². The Morgan fingerprint density at radius 3 is 1.04 bits per heavy atom. The molecule has 6 aliphatic rings. The first-order chi connectivity index (χ1) is 36.6. The molecule has 75 heavy (non-hydrogen) atoms. The molecule has 0 spiro atoms. The largest absolute Gasteiger partial charge is 0.361 e. The number of benzene rings is 3. The quantitative estimate of drug-likeness (QED) is 0.0593. The van der Waals surface area contributed by atoms with Crippen molar-refractivity contribution in [1.29, 1.82) is 0 Å². The van der Waals surface area contributed by atoms with Crippen LogP contribution in [0.15, 0.2) is 73.2 Å². The zero-order chi connectivity index (χ0) is 52.2. The van der Waals surface area contributed by atoms with E-state index in [0.717, 1.165) is 117 Å². The Balaban J connectivity index is 0.000000128. The number of rotatable bonds is 15. The second-order valence-corrected chi connectivity index (χ2v) is 22.7. The molecule has 3 aliphatic carbocycles. The van der Waals surface area contributed by atoms with Crippen LogP contribution in [0.1, 0.15) is 110 Å². The first-order valence-corrected chi connectivity index (χ1v) is 28.5. The predicted molar refractivity (Wildman–Crippen MR) is 302 cm³/mol. The third-order valence-corrected chi connectivity index (χ3v) is 17.8. The van der Waals surface area contributed by atoms with E-state index in [4.69, 9.17) is 17.2 Å². The van der Waals surface area contributed by atoms with E-state index >= 15 is 0 Å². The number of nitrogens with one attached hydrogen (secondary N) is 6. The number of hydrogen-bond acceptors (Lipinski definition) is 9. The molecule has 0 saturated carbocycles. The number of aromatic amines is 3. The highest BCUT2D eigenvalue weighted by Gasteiger charge is 2.43. The molecular weight excluding hydrogens is 937 g/mol. The van der Waals surface area contributed by atoms with Crippen molar-refractivity contribution < 1.29 is 14.4 Å². The van der Waals surface area contributed by atoms with E-state index in [0.29, 0.717) is 53.6 Å². The first-order valence-electron chi connectivity index (χ1n) is 28.5. The number of carbonyl (C=O) groups is 3. The van der Waals surface area contributed by atoms with E-state index in [1.807, 2.05) is 0 Å². The van der Waals surface area contributed by atoms with Gasteiger partial charge in [0.25, 0.3) is 0 Å². The van der Waals surface area contributed by atoms with E-state index in [2.05, 4.69) is 140 Å². The van der Waals surface area contributed by atoms with Crippen LogP contribution in [-0.4, -0.2) is 144 Å². The topological polar surface area (TPSA) is 222 Å². The summed E-state index contributed by atoms with van der Waals surface area (Å²) in [7, 11) is 0. The number of fused-ring (bicyclic) bond motifs is 6. The van der Waals surface area contributed by atoms with Crippen LogP contribution in [0.4, 0.5) is 0 Å². The monoisotopic (exact) mass is 1020 g/mol. The van der Waals surface area contributed by atoms with Gasteiger partial charge in [-0.15, -0.1) is 0 Å². The van der Waals surface area contributed by atoms with Gasteiger partial charge in [-0.2, -0.15) is 0 Å². The van der Waals surface area contributed by atoms with E-state index in [-0.39, 0.29) is 37.4 Å². The minimum atomic E-state index is -0.0529. The van der Waals surface area contributed by atoms with Crippen molar-refractivity contribution in [3.05, 3.63) is 107 Å². The van der Waals surface area contributed by atoms with Gasteiger partial charge in [-0.1, -0.05) is 57.2 Å². The Morgan fingerprint density at radius 2 is 0.773 bits per heavy atom. The number of piperidine rings is 3. The second kappa shape index (κ2) is 23.8. The molecule has 6 heterocycles. The number of likely N-dealkylation sites (tertiary alicyclic amines) is 3. The van der Waals surface area contributed by atoms with Gasteiger partial charge in [-0.3, -0.25) is 29.1 Å². The highest BCUT2D eigenvalue weighted by molar-refractivity contribution is 5.90. The molecule has 15 nitrogen and oxygen atoms in total. The molecule has 12 N–H and O–H groups in total. The van der Waals surface area contributed by atoms with E-state index in [9.17, 15) is 14.4 Å². The van der Waals surface area contributed by atoms with Gasteiger partial charge < -0.3 is 48.1 Å². The van der Waals surface area contributed by atoms with Crippen LogP contribution >= 0.6 is 0 Å². The highest BCUT2D eigenvalue weighted by atomic mass is 16.2. The number of carbonyl (C=O) groups excluding carboxylic acids is 3. The number of H-pyrrole nitrogens is 3. The molecule has 0 unspecified atom stereocenters. The van der Waals surface area contributed by atoms with Gasteiger partial charge in [-0.05, 0) is 147 Å². The Labute approximate surface area is 443 Å². The van der Waals surface area contributed by atoms with Crippen molar-refractivity contribution >= 4 is 50.4 Å². The van der Waals surface area contributed by atoms with Crippen molar-refractivity contribution in [2.45, 2.75) is 114 Å². The minimum Gasteiger partial charge on any atom is -0.361 e. The molecule has 12 rings (SSSR count). The van der Waals surface area contributed by atoms with Gasteiger partial charge in [0.05, 0.1) is 19.6 Å². The zero-order valence-electron chi connectivity index (χ0n) is 44.8. The average Bonchev–Trinajstić information content (AvgIpc) is 4.20. The molecule has 402 valence electrons.